The van der Waals surface area contributed by atoms with Gasteiger partial charge in [-0.2, -0.15) is 0 Å². The maximum Gasteiger partial charge on any atom is 0.253 e. The largest absolute Gasteiger partial charge is 0.379 e. The van der Waals surface area contributed by atoms with Crippen LogP contribution in [0.15, 0.2) is 48.8 Å². The number of likely N-dealkylation sites (tertiary alicyclic amines) is 1. The normalized spacial score (nSPS) is 19.5. The number of rotatable bonds is 3. The van der Waals surface area contributed by atoms with E-state index in [4.69, 9.17) is 4.74 Å². The molecule has 5 nitrogen and oxygen atoms in total. The number of piperidine rings is 1. The molecule has 4 rings (SSSR count). The van der Waals surface area contributed by atoms with Crippen molar-refractivity contribution >= 4 is 5.91 Å². The standard InChI is InChI=1S/C21H25N3O2/c25-21(19-3-1-17(2-4-19)18-5-9-22-10-6-18)24-11-7-20(8-12-24)23-13-15-26-16-14-23/h1-6,9-10,20H,7-8,11-16H2. The molecule has 0 aliphatic carbocycles. The van der Waals surface area contributed by atoms with Crippen molar-refractivity contribution in [3.8, 4) is 11.1 Å². The van der Waals surface area contributed by atoms with E-state index in [9.17, 15) is 4.79 Å². The second-order valence-electron chi connectivity index (χ2n) is 6.98. The Bertz CT molecular complexity index is 719. The molecule has 1 amide bonds. The molecule has 0 unspecified atom stereocenters. The van der Waals surface area contributed by atoms with Crippen molar-refractivity contribution in [1.82, 2.24) is 14.8 Å². The van der Waals surface area contributed by atoms with Crippen molar-refractivity contribution < 1.29 is 9.53 Å². The summed E-state index contributed by atoms with van der Waals surface area (Å²) in [5.74, 6) is 0.145. The molecule has 26 heavy (non-hydrogen) atoms. The third-order valence-electron chi connectivity index (χ3n) is 5.46. The summed E-state index contributed by atoms with van der Waals surface area (Å²) in [5.41, 5.74) is 2.99. The van der Waals surface area contributed by atoms with Gasteiger partial charge in [-0.1, -0.05) is 12.1 Å². The molecule has 0 saturated carbocycles. The van der Waals surface area contributed by atoms with Gasteiger partial charge in [0.1, 0.15) is 0 Å². The van der Waals surface area contributed by atoms with Crippen molar-refractivity contribution in [1.29, 1.82) is 0 Å². The summed E-state index contributed by atoms with van der Waals surface area (Å²) in [6.07, 6.45) is 5.68. The smallest absolute Gasteiger partial charge is 0.253 e. The van der Waals surface area contributed by atoms with Gasteiger partial charge >= 0.3 is 0 Å². The fourth-order valence-electron chi connectivity index (χ4n) is 3.91. The lowest BCUT2D eigenvalue weighted by Gasteiger charge is -2.40. The van der Waals surface area contributed by atoms with Crippen LogP contribution >= 0.6 is 0 Å². The lowest BCUT2D eigenvalue weighted by Crippen LogP contribution is -2.50. The summed E-state index contributed by atoms with van der Waals surface area (Å²) < 4.78 is 5.44. The molecular weight excluding hydrogens is 326 g/mol. The number of carbonyl (C=O) groups is 1. The van der Waals surface area contributed by atoms with E-state index in [1.165, 1.54) is 0 Å². The number of pyridine rings is 1. The summed E-state index contributed by atoms with van der Waals surface area (Å²) in [6, 6.07) is 12.5. The Morgan fingerprint density at radius 2 is 1.50 bits per heavy atom. The number of ether oxygens (including phenoxy) is 1. The lowest BCUT2D eigenvalue weighted by atomic mass is 10.0. The Morgan fingerprint density at radius 1 is 0.885 bits per heavy atom. The molecule has 0 radical (unpaired) electrons. The quantitative estimate of drug-likeness (QED) is 0.853. The van der Waals surface area contributed by atoms with Crippen LogP contribution in [0.4, 0.5) is 0 Å². The molecule has 136 valence electrons. The third-order valence-corrected chi connectivity index (χ3v) is 5.46. The minimum absolute atomic E-state index is 0.145. The molecule has 1 aromatic heterocycles. The highest BCUT2D eigenvalue weighted by molar-refractivity contribution is 5.94. The van der Waals surface area contributed by atoms with Crippen LogP contribution in [0.1, 0.15) is 23.2 Å². The van der Waals surface area contributed by atoms with Crippen molar-refractivity contribution in [2.45, 2.75) is 18.9 Å². The van der Waals surface area contributed by atoms with Gasteiger partial charge < -0.3 is 9.64 Å². The molecule has 5 heteroatoms. The minimum Gasteiger partial charge on any atom is -0.379 e. The van der Waals surface area contributed by atoms with Crippen LogP contribution in [0.5, 0.6) is 0 Å². The van der Waals surface area contributed by atoms with Gasteiger partial charge in [0, 0.05) is 50.2 Å². The van der Waals surface area contributed by atoms with E-state index in [1.54, 1.807) is 12.4 Å². The molecule has 1 aromatic carbocycles. The van der Waals surface area contributed by atoms with Gasteiger partial charge in [0.25, 0.3) is 5.91 Å². The molecule has 3 heterocycles. The van der Waals surface area contributed by atoms with Crippen LogP contribution in [-0.4, -0.2) is 66.1 Å². The summed E-state index contributed by atoms with van der Waals surface area (Å²) in [7, 11) is 0. The third kappa shape index (κ3) is 3.79. The number of benzene rings is 1. The second-order valence-corrected chi connectivity index (χ2v) is 6.98. The average Bonchev–Trinajstić information content (AvgIpc) is 2.75. The first-order valence-electron chi connectivity index (χ1n) is 9.43. The van der Waals surface area contributed by atoms with E-state index < -0.39 is 0 Å². The number of nitrogens with zero attached hydrogens (tertiary/aromatic N) is 3. The molecule has 2 aliphatic rings. The lowest BCUT2D eigenvalue weighted by molar-refractivity contribution is 0.00159. The molecular formula is C21H25N3O2. The number of amides is 1. The van der Waals surface area contributed by atoms with E-state index in [-0.39, 0.29) is 5.91 Å². The Hall–Kier alpha value is -2.24. The molecule has 0 N–H and O–H groups in total. The minimum atomic E-state index is 0.145. The fraction of sp³-hybridized carbons (Fsp3) is 0.429. The highest BCUT2D eigenvalue weighted by Crippen LogP contribution is 2.22. The zero-order valence-electron chi connectivity index (χ0n) is 15.0. The predicted molar refractivity (Wildman–Crippen MR) is 101 cm³/mol. The molecule has 2 aromatic rings. The van der Waals surface area contributed by atoms with E-state index in [2.05, 4.69) is 9.88 Å². The first kappa shape index (κ1) is 17.2. The average molecular weight is 351 g/mol. The van der Waals surface area contributed by atoms with E-state index in [1.807, 2.05) is 41.3 Å². The van der Waals surface area contributed by atoms with Gasteiger partial charge in [0.05, 0.1) is 13.2 Å². The Labute approximate surface area is 154 Å². The van der Waals surface area contributed by atoms with Gasteiger partial charge in [0.2, 0.25) is 0 Å². The summed E-state index contributed by atoms with van der Waals surface area (Å²) in [5, 5.41) is 0. The van der Waals surface area contributed by atoms with Crippen molar-refractivity contribution in [2.24, 2.45) is 0 Å². The van der Waals surface area contributed by atoms with Gasteiger partial charge in [-0.25, -0.2) is 0 Å². The van der Waals surface area contributed by atoms with Crippen LogP contribution in [0.25, 0.3) is 11.1 Å². The number of carbonyl (C=O) groups excluding carboxylic acids is 1. The van der Waals surface area contributed by atoms with Crippen molar-refractivity contribution in [3.63, 3.8) is 0 Å². The Balaban J connectivity index is 1.36. The van der Waals surface area contributed by atoms with Crippen LogP contribution in [0.3, 0.4) is 0 Å². The number of aromatic nitrogens is 1. The van der Waals surface area contributed by atoms with Crippen LogP contribution in [0, 0.1) is 0 Å². The fourth-order valence-corrected chi connectivity index (χ4v) is 3.91. The first-order valence-corrected chi connectivity index (χ1v) is 9.43. The predicted octanol–water partition coefficient (Wildman–Crippen LogP) is 2.69. The summed E-state index contributed by atoms with van der Waals surface area (Å²) in [4.78, 5) is 21.4. The Kier molecular flexibility index (Phi) is 5.27. The number of hydrogen-bond donors (Lipinski definition) is 0. The molecule has 0 atom stereocenters. The van der Waals surface area contributed by atoms with E-state index in [0.717, 1.165) is 68.9 Å². The highest BCUT2D eigenvalue weighted by Gasteiger charge is 2.28. The summed E-state index contributed by atoms with van der Waals surface area (Å²) in [6.45, 7) is 5.40. The van der Waals surface area contributed by atoms with Crippen LogP contribution < -0.4 is 0 Å². The molecule has 2 aliphatic heterocycles. The van der Waals surface area contributed by atoms with Crippen molar-refractivity contribution in [2.75, 3.05) is 39.4 Å². The zero-order valence-corrected chi connectivity index (χ0v) is 15.0. The molecule has 0 bridgehead atoms. The van der Waals surface area contributed by atoms with Gasteiger partial charge in [-0.3, -0.25) is 14.7 Å². The Morgan fingerprint density at radius 3 is 2.15 bits per heavy atom. The SMILES string of the molecule is O=C(c1ccc(-c2ccncc2)cc1)N1CCC(N2CCOCC2)CC1. The van der Waals surface area contributed by atoms with Crippen LogP contribution in [-0.2, 0) is 4.74 Å². The number of morpholine rings is 1. The summed E-state index contributed by atoms with van der Waals surface area (Å²) >= 11 is 0. The topological polar surface area (TPSA) is 45.7 Å². The molecule has 2 saturated heterocycles. The number of hydrogen-bond acceptors (Lipinski definition) is 4. The monoisotopic (exact) mass is 351 g/mol. The maximum atomic E-state index is 12.8. The second kappa shape index (κ2) is 7.98. The van der Waals surface area contributed by atoms with Crippen molar-refractivity contribution in [3.05, 3.63) is 54.4 Å². The van der Waals surface area contributed by atoms with Gasteiger partial charge in [-0.15, -0.1) is 0 Å². The highest BCUT2D eigenvalue weighted by atomic mass is 16.5. The van der Waals surface area contributed by atoms with Crippen LogP contribution in [0.2, 0.25) is 0 Å². The first-order chi connectivity index (χ1) is 12.8. The van der Waals surface area contributed by atoms with E-state index in [0.29, 0.717) is 6.04 Å². The molecule has 0 spiro atoms. The van der Waals surface area contributed by atoms with E-state index >= 15 is 0 Å². The van der Waals surface area contributed by atoms with Gasteiger partial charge in [0.15, 0.2) is 0 Å². The maximum absolute atomic E-state index is 12.8. The zero-order chi connectivity index (χ0) is 17.8. The van der Waals surface area contributed by atoms with Gasteiger partial charge in [-0.05, 0) is 48.2 Å². The molecule has 2 fully saturated rings.